The van der Waals surface area contributed by atoms with Crippen molar-refractivity contribution in [3.8, 4) is 0 Å². The van der Waals surface area contributed by atoms with Crippen LogP contribution in [0.1, 0.15) is 20.9 Å². The monoisotopic (exact) mass is 343 g/mol. The fourth-order valence-electron chi connectivity index (χ4n) is 1.64. The highest BCUT2D eigenvalue weighted by molar-refractivity contribution is 7.90. The lowest BCUT2D eigenvalue weighted by Crippen LogP contribution is -2.12. The SMILES string of the molecule is CS(=O)(=O)c1cc(NC(=O)c2ccc(Cl)o2)cc(C(=O)O)c1. The molecule has 1 heterocycles. The van der Waals surface area contributed by atoms with Crippen LogP contribution in [0.5, 0.6) is 0 Å². The maximum Gasteiger partial charge on any atom is 0.335 e. The first-order chi connectivity index (χ1) is 10.2. The number of carbonyl (C=O) groups is 2. The molecule has 0 spiro atoms. The standard InChI is InChI=1S/C13H10ClNO6S/c1-22(19,20)9-5-7(13(17)18)4-8(6-9)15-12(16)10-2-3-11(14)21-10/h2-6H,1H3,(H,15,16)(H,17,18). The van der Waals surface area contributed by atoms with Gasteiger partial charge in [0.05, 0.1) is 10.5 Å². The zero-order valence-electron chi connectivity index (χ0n) is 11.2. The molecule has 22 heavy (non-hydrogen) atoms. The third kappa shape index (κ3) is 3.66. The molecule has 0 unspecified atom stereocenters. The highest BCUT2D eigenvalue weighted by atomic mass is 35.5. The lowest BCUT2D eigenvalue weighted by Gasteiger charge is -2.07. The van der Waals surface area contributed by atoms with Crippen LogP contribution >= 0.6 is 11.6 Å². The summed E-state index contributed by atoms with van der Waals surface area (Å²) in [5, 5.41) is 11.4. The van der Waals surface area contributed by atoms with E-state index in [0.717, 1.165) is 24.5 Å². The summed E-state index contributed by atoms with van der Waals surface area (Å²) < 4.78 is 28.1. The number of aromatic carboxylic acids is 1. The van der Waals surface area contributed by atoms with Crippen molar-refractivity contribution in [2.45, 2.75) is 4.90 Å². The highest BCUT2D eigenvalue weighted by Gasteiger charge is 2.16. The number of amides is 1. The number of carboxylic acids is 1. The van der Waals surface area contributed by atoms with Gasteiger partial charge < -0.3 is 14.8 Å². The van der Waals surface area contributed by atoms with E-state index in [-0.39, 0.29) is 27.1 Å². The average Bonchev–Trinajstić information content (AvgIpc) is 2.84. The number of furan rings is 1. The molecule has 0 aliphatic carbocycles. The van der Waals surface area contributed by atoms with Gasteiger partial charge in [0.1, 0.15) is 0 Å². The number of benzene rings is 1. The van der Waals surface area contributed by atoms with E-state index >= 15 is 0 Å². The average molecular weight is 344 g/mol. The number of nitrogens with one attached hydrogen (secondary N) is 1. The van der Waals surface area contributed by atoms with Crippen molar-refractivity contribution < 1.29 is 27.5 Å². The van der Waals surface area contributed by atoms with Gasteiger partial charge in [0, 0.05) is 11.9 Å². The fraction of sp³-hybridized carbons (Fsp3) is 0.0769. The number of carboxylic acid groups (broad SMARTS) is 1. The molecule has 2 aromatic rings. The van der Waals surface area contributed by atoms with Crippen LogP contribution < -0.4 is 5.32 Å². The normalized spacial score (nSPS) is 11.2. The molecule has 116 valence electrons. The number of hydrogen-bond donors (Lipinski definition) is 2. The first kappa shape index (κ1) is 16.1. The summed E-state index contributed by atoms with van der Waals surface area (Å²) in [5.74, 6) is -2.09. The fourth-order valence-corrected chi connectivity index (χ4v) is 2.47. The van der Waals surface area contributed by atoms with Crippen LogP contribution in [0.15, 0.2) is 39.6 Å². The van der Waals surface area contributed by atoms with Crippen molar-refractivity contribution in [1.82, 2.24) is 0 Å². The number of carbonyl (C=O) groups excluding carboxylic acids is 1. The van der Waals surface area contributed by atoms with Crippen molar-refractivity contribution >= 4 is 39.0 Å². The number of halogens is 1. The third-order valence-corrected chi connectivity index (χ3v) is 3.93. The molecule has 2 N–H and O–H groups in total. The van der Waals surface area contributed by atoms with Crippen LogP contribution in [0.2, 0.25) is 5.22 Å². The van der Waals surface area contributed by atoms with Crippen LogP contribution in [0.3, 0.4) is 0 Å². The van der Waals surface area contributed by atoms with Crippen LogP contribution in [-0.4, -0.2) is 31.7 Å². The van der Waals surface area contributed by atoms with E-state index in [0.29, 0.717) is 0 Å². The molecule has 9 heteroatoms. The molecule has 0 fully saturated rings. The Balaban J connectivity index is 2.40. The van der Waals surface area contributed by atoms with E-state index in [2.05, 4.69) is 5.32 Å². The van der Waals surface area contributed by atoms with Gasteiger partial charge in [0.2, 0.25) is 0 Å². The molecule has 1 aromatic carbocycles. The summed E-state index contributed by atoms with van der Waals surface area (Å²) in [6.07, 6.45) is 0.936. The lowest BCUT2D eigenvalue weighted by atomic mass is 10.2. The number of rotatable bonds is 4. The highest BCUT2D eigenvalue weighted by Crippen LogP contribution is 2.21. The summed E-state index contributed by atoms with van der Waals surface area (Å²) in [4.78, 5) is 22.7. The van der Waals surface area contributed by atoms with Gasteiger partial charge in [0.15, 0.2) is 20.8 Å². The van der Waals surface area contributed by atoms with Gasteiger partial charge >= 0.3 is 5.97 Å². The second-order valence-corrected chi connectivity index (χ2v) is 6.77. The van der Waals surface area contributed by atoms with Gasteiger partial charge in [-0.1, -0.05) is 0 Å². The molecule has 7 nitrogen and oxygen atoms in total. The van der Waals surface area contributed by atoms with E-state index in [4.69, 9.17) is 21.1 Å². The van der Waals surface area contributed by atoms with Crippen molar-refractivity contribution in [1.29, 1.82) is 0 Å². The molecule has 1 amide bonds. The van der Waals surface area contributed by atoms with Crippen LogP contribution in [-0.2, 0) is 9.84 Å². The number of hydrogen-bond acceptors (Lipinski definition) is 5. The van der Waals surface area contributed by atoms with Crippen molar-refractivity contribution in [2.75, 3.05) is 11.6 Å². The number of sulfone groups is 1. The Morgan fingerprint density at radius 1 is 1.23 bits per heavy atom. The molecule has 0 aliphatic rings. The Morgan fingerprint density at radius 2 is 1.91 bits per heavy atom. The molecule has 0 atom stereocenters. The van der Waals surface area contributed by atoms with E-state index in [1.54, 1.807) is 0 Å². The van der Waals surface area contributed by atoms with Gasteiger partial charge in [0.25, 0.3) is 5.91 Å². The van der Waals surface area contributed by atoms with Crippen LogP contribution in [0.25, 0.3) is 0 Å². The summed E-state index contributed by atoms with van der Waals surface area (Å²) in [6, 6.07) is 6.00. The Hall–Kier alpha value is -2.32. The van der Waals surface area contributed by atoms with Crippen molar-refractivity contribution in [2.24, 2.45) is 0 Å². The van der Waals surface area contributed by atoms with Gasteiger partial charge in [-0.05, 0) is 41.9 Å². The van der Waals surface area contributed by atoms with Crippen molar-refractivity contribution in [3.05, 3.63) is 46.9 Å². The molecule has 0 saturated heterocycles. The van der Waals surface area contributed by atoms with Crippen molar-refractivity contribution in [3.63, 3.8) is 0 Å². The zero-order valence-corrected chi connectivity index (χ0v) is 12.7. The molecule has 0 saturated carbocycles. The lowest BCUT2D eigenvalue weighted by molar-refractivity contribution is 0.0696. The molecule has 2 rings (SSSR count). The molecular formula is C13H10ClNO6S. The quantitative estimate of drug-likeness (QED) is 0.880. The Bertz CT molecular complexity index is 855. The summed E-state index contributed by atoms with van der Waals surface area (Å²) in [6.45, 7) is 0. The van der Waals surface area contributed by atoms with Gasteiger partial charge in [-0.3, -0.25) is 4.79 Å². The Labute approximate surface area is 130 Å². The van der Waals surface area contributed by atoms with Gasteiger partial charge in [-0.25, -0.2) is 13.2 Å². The molecule has 0 radical (unpaired) electrons. The number of anilines is 1. The minimum Gasteiger partial charge on any atom is -0.478 e. The zero-order chi connectivity index (χ0) is 16.5. The second-order valence-electron chi connectivity index (χ2n) is 4.38. The van der Waals surface area contributed by atoms with Gasteiger partial charge in [-0.15, -0.1) is 0 Å². The first-order valence-corrected chi connectivity index (χ1v) is 8.09. The second kappa shape index (κ2) is 5.82. The Kier molecular flexibility index (Phi) is 4.25. The largest absolute Gasteiger partial charge is 0.478 e. The minimum atomic E-state index is -3.64. The van der Waals surface area contributed by atoms with E-state index < -0.39 is 21.7 Å². The van der Waals surface area contributed by atoms with E-state index in [1.165, 1.54) is 12.1 Å². The first-order valence-electron chi connectivity index (χ1n) is 5.82. The minimum absolute atomic E-state index is 0.0119. The predicted octanol–water partition coefficient (Wildman–Crippen LogP) is 2.29. The smallest absolute Gasteiger partial charge is 0.335 e. The van der Waals surface area contributed by atoms with Crippen LogP contribution in [0.4, 0.5) is 5.69 Å². The van der Waals surface area contributed by atoms with E-state index in [9.17, 15) is 18.0 Å². The summed E-state index contributed by atoms with van der Waals surface area (Å²) >= 11 is 5.56. The van der Waals surface area contributed by atoms with Gasteiger partial charge in [-0.2, -0.15) is 0 Å². The predicted molar refractivity (Wildman–Crippen MR) is 78.2 cm³/mol. The molecule has 0 aliphatic heterocycles. The third-order valence-electron chi connectivity index (χ3n) is 2.64. The Morgan fingerprint density at radius 3 is 2.41 bits per heavy atom. The van der Waals surface area contributed by atoms with Crippen LogP contribution in [0, 0.1) is 0 Å². The van der Waals surface area contributed by atoms with E-state index in [1.807, 2.05) is 0 Å². The molecular weight excluding hydrogens is 334 g/mol. The maximum atomic E-state index is 11.9. The molecule has 1 aromatic heterocycles. The maximum absolute atomic E-state index is 11.9. The summed E-state index contributed by atoms with van der Waals surface area (Å²) in [5.41, 5.74) is -0.256. The molecule has 0 bridgehead atoms. The topological polar surface area (TPSA) is 114 Å². The summed E-state index contributed by atoms with van der Waals surface area (Å²) in [7, 11) is -3.64.